The smallest absolute Gasteiger partial charge is 0.410 e. The maximum absolute atomic E-state index is 12.5. The Morgan fingerprint density at radius 1 is 1.35 bits per heavy atom. The van der Waals surface area contributed by atoms with Crippen LogP contribution < -0.4 is 5.32 Å². The number of amides is 2. The molecule has 1 fully saturated rings. The minimum Gasteiger partial charge on any atom is -0.468 e. The van der Waals surface area contributed by atoms with Crippen LogP contribution in [0.2, 0.25) is 0 Å². The first-order valence-corrected chi connectivity index (χ1v) is 9.13. The average Bonchev–Trinajstić information content (AvgIpc) is 3.07. The van der Waals surface area contributed by atoms with Gasteiger partial charge in [0, 0.05) is 25.6 Å². The van der Waals surface area contributed by atoms with Crippen LogP contribution in [0.25, 0.3) is 0 Å². The van der Waals surface area contributed by atoms with Crippen molar-refractivity contribution < 1.29 is 18.7 Å². The van der Waals surface area contributed by atoms with E-state index in [1.54, 1.807) is 11.2 Å². The number of furan rings is 1. The maximum Gasteiger partial charge on any atom is 0.410 e. The summed E-state index contributed by atoms with van der Waals surface area (Å²) < 4.78 is 10.9. The molecule has 146 valence electrons. The fraction of sp³-hybridized carbons (Fsp3) is 0.684. The second-order valence-electron chi connectivity index (χ2n) is 7.98. The number of nitrogens with zero attached hydrogens (tertiary/aromatic N) is 2. The second-order valence-corrected chi connectivity index (χ2v) is 7.98. The van der Waals surface area contributed by atoms with Gasteiger partial charge in [0.1, 0.15) is 11.4 Å². The van der Waals surface area contributed by atoms with Crippen LogP contribution in [-0.2, 0) is 9.53 Å². The highest BCUT2D eigenvalue weighted by Crippen LogP contribution is 2.21. The molecule has 1 aromatic heterocycles. The number of carbonyl (C=O) groups is 2. The van der Waals surface area contributed by atoms with Gasteiger partial charge in [-0.3, -0.25) is 9.69 Å². The van der Waals surface area contributed by atoms with Crippen molar-refractivity contribution in [3.05, 3.63) is 24.2 Å². The summed E-state index contributed by atoms with van der Waals surface area (Å²) in [7, 11) is 3.91. The van der Waals surface area contributed by atoms with Crippen molar-refractivity contribution >= 4 is 12.0 Å². The molecule has 2 heterocycles. The summed E-state index contributed by atoms with van der Waals surface area (Å²) in [4.78, 5) is 28.3. The van der Waals surface area contributed by atoms with Crippen molar-refractivity contribution in [3.8, 4) is 0 Å². The fourth-order valence-electron chi connectivity index (χ4n) is 3.01. The van der Waals surface area contributed by atoms with Crippen LogP contribution in [0.5, 0.6) is 0 Å². The van der Waals surface area contributed by atoms with Crippen molar-refractivity contribution in [1.29, 1.82) is 0 Å². The lowest BCUT2D eigenvalue weighted by atomic mass is 9.96. The third-order valence-corrected chi connectivity index (χ3v) is 4.48. The molecule has 1 aliphatic rings. The number of ether oxygens (including phenoxy) is 1. The van der Waals surface area contributed by atoms with Crippen LogP contribution in [-0.4, -0.2) is 61.1 Å². The Kier molecular flexibility index (Phi) is 6.69. The van der Waals surface area contributed by atoms with E-state index in [0.717, 1.165) is 5.76 Å². The zero-order valence-corrected chi connectivity index (χ0v) is 16.4. The van der Waals surface area contributed by atoms with Gasteiger partial charge in [0.05, 0.1) is 12.3 Å². The second kappa shape index (κ2) is 8.58. The number of likely N-dealkylation sites (N-methyl/N-ethyl adjacent to an activating group) is 1. The van der Waals surface area contributed by atoms with E-state index >= 15 is 0 Å². The Morgan fingerprint density at radius 3 is 2.50 bits per heavy atom. The molecular weight excluding hydrogens is 334 g/mol. The average molecular weight is 365 g/mol. The summed E-state index contributed by atoms with van der Waals surface area (Å²) in [6.45, 7) is 7.14. The van der Waals surface area contributed by atoms with Gasteiger partial charge in [-0.1, -0.05) is 0 Å². The molecule has 0 bridgehead atoms. The van der Waals surface area contributed by atoms with E-state index in [1.165, 1.54) is 0 Å². The highest BCUT2D eigenvalue weighted by atomic mass is 16.6. The fourth-order valence-corrected chi connectivity index (χ4v) is 3.01. The van der Waals surface area contributed by atoms with E-state index in [1.807, 2.05) is 51.9 Å². The highest BCUT2D eigenvalue weighted by molar-refractivity contribution is 5.79. The number of likely N-dealkylation sites (tertiary alicyclic amines) is 1. The first-order chi connectivity index (χ1) is 12.2. The summed E-state index contributed by atoms with van der Waals surface area (Å²) in [5.74, 6) is 0.787. The molecule has 0 spiro atoms. The van der Waals surface area contributed by atoms with Gasteiger partial charge in [-0.25, -0.2) is 4.79 Å². The molecule has 1 aliphatic heterocycles. The number of rotatable bonds is 5. The highest BCUT2D eigenvalue weighted by Gasteiger charge is 2.30. The van der Waals surface area contributed by atoms with E-state index < -0.39 is 5.60 Å². The molecule has 1 saturated heterocycles. The maximum atomic E-state index is 12.5. The minimum absolute atomic E-state index is 0.00389. The zero-order chi connectivity index (χ0) is 19.3. The number of hydrogen-bond acceptors (Lipinski definition) is 5. The Bertz CT molecular complexity index is 584. The summed E-state index contributed by atoms with van der Waals surface area (Å²) in [6, 6.07) is 3.76. The molecule has 1 aromatic rings. The minimum atomic E-state index is -0.502. The molecule has 26 heavy (non-hydrogen) atoms. The van der Waals surface area contributed by atoms with Gasteiger partial charge in [-0.2, -0.15) is 0 Å². The molecular formula is C19H31N3O4. The molecule has 2 rings (SSSR count). The summed E-state index contributed by atoms with van der Waals surface area (Å²) >= 11 is 0. The van der Waals surface area contributed by atoms with E-state index in [2.05, 4.69) is 5.32 Å². The lowest BCUT2D eigenvalue weighted by Gasteiger charge is -2.33. The first kappa shape index (κ1) is 20.3. The lowest BCUT2D eigenvalue weighted by Crippen LogP contribution is -2.45. The number of hydrogen-bond donors (Lipinski definition) is 1. The normalized spacial score (nSPS) is 17.2. The molecule has 1 N–H and O–H groups in total. The lowest BCUT2D eigenvalue weighted by molar-refractivity contribution is -0.126. The Morgan fingerprint density at radius 2 is 2.00 bits per heavy atom. The molecule has 7 nitrogen and oxygen atoms in total. The molecule has 0 aliphatic carbocycles. The van der Waals surface area contributed by atoms with Crippen molar-refractivity contribution in [1.82, 2.24) is 15.1 Å². The molecule has 0 saturated carbocycles. The number of nitrogens with one attached hydrogen (secondary N) is 1. The van der Waals surface area contributed by atoms with Gasteiger partial charge >= 0.3 is 6.09 Å². The Labute approximate surface area is 155 Å². The molecule has 2 amide bonds. The van der Waals surface area contributed by atoms with Crippen molar-refractivity contribution in [3.63, 3.8) is 0 Å². The Hall–Kier alpha value is -2.02. The first-order valence-electron chi connectivity index (χ1n) is 9.13. The van der Waals surface area contributed by atoms with Gasteiger partial charge in [-0.15, -0.1) is 0 Å². The SMILES string of the molecule is CN(C)C(CNC(=O)C1CCN(C(=O)OC(C)(C)C)CC1)c1ccco1. The number of carbonyl (C=O) groups excluding carboxylic acids is 2. The van der Waals surface area contributed by atoms with Crippen LogP contribution in [0.4, 0.5) is 4.79 Å². The van der Waals surface area contributed by atoms with Crippen molar-refractivity contribution in [2.75, 3.05) is 33.7 Å². The van der Waals surface area contributed by atoms with Crippen molar-refractivity contribution in [2.24, 2.45) is 5.92 Å². The topological polar surface area (TPSA) is 75.0 Å². The molecule has 1 unspecified atom stereocenters. The molecule has 0 radical (unpaired) electrons. The summed E-state index contributed by atoms with van der Waals surface area (Å²) in [5, 5.41) is 3.03. The predicted molar refractivity (Wildman–Crippen MR) is 98.7 cm³/mol. The Balaban J connectivity index is 1.80. The van der Waals surface area contributed by atoms with Gasteiger partial charge in [-0.05, 0) is 59.8 Å². The predicted octanol–water partition coefficient (Wildman–Crippen LogP) is 2.65. The van der Waals surface area contributed by atoms with Crippen LogP contribution in [0.1, 0.15) is 45.4 Å². The van der Waals surface area contributed by atoms with Gasteiger partial charge in [0.15, 0.2) is 0 Å². The van der Waals surface area contributed by atoms with Gasteiger partial charge < -0.3 is 19.4 Å². The van der Waals surface area contributed by atoms with E-state index in [4.69, 9.17) is 9.15 Å². The van der Waals surface area contributed by atoms with Crippen LogP contribution >= 0.6 is 0 Å². The van der Waals surface area contributed by atoms with Crippen LogP contribution in [0.3, 0.4) is 0 Å². The standard InChI is InChI=1S/C19H31N3O4/c1-19(2,3)26-18(24)22-10-8-14(9-11-22)17(23)20-13-15(21(4)5)16-7-6-12-25-16/h6-7,12,14-15H,8-11,13H2,1-5H3,(H,20,23). The summed E-state index contributed by atoms with van der Waals surface area (Å²) in [5.41, 5.74) is -0.502. The third kappa shape index (κ3) is 5.76. The monoisotopic (exact) mass is 365 g/mol. The molecule has 7 heteroatoms. The summed E-state index contributed by atoms with van der Waals surface area (Å²) in [6.07, 6.45) is 2.64. The van der Waals surface area contributed by atoms with E-state index in [0.29, 0.717) is 32.5 Å². The number of piperidine rings is 1. The van der Waals surface area contributed by atoms with Crippen molar-refractivity contribution in [2.45, 2.75) is 45.3 Å². The van der Waals surface area contributed by atoms with Crippen LogP contribution in [0.15, 0.2) is 22.8 Å². The molecule has 0 aromatic carbocycles. The van der Waals surface area contributed by atoms with E-state index in [-0.39, 0.29) is 24.0 Å². The largest absolute Gasteiger partial charge is 0.468 e. The van der Waals surface area contributed by atoms with Crippen LogP contribution in [0, 0.1) is 5.92 Å². The third-order valence-electron chi connectivity index (χ3n) is 4.48. The molecule has 1 atom stereocenters. The zero-order valence-electron chi connectivity index (χ0n) is 16.4. The van der Waals surface area contributed by atoms with E-state index in [9.17, 15) is 9.59 Å². The van der Waals surface area contributed by atoms with Gasteiger partial charge in [0.25, 0.3) is 0 Å². The van der Waals surface area contributed by atoms with Gasteiger partial charge in [0.2, 0.25) is 5.91 Å². The quantitative estimate of drug-likeness (QED) is 0.868.